The quantitative estimate of drug-likeness (QED) is 0.916. The Morgan fingerprint density at radius 1 is 1.18 bits per heavy atom. The monoisotopic (exact) mass is 274 g/mol. The third-order valence-electron chi connectivity index (χ3n) is 2.63. The largest absolute Gasteiger partial charge is 0.459 e. The summed E-state index contributed by atoms with van der Waals surface area (Å²) in [6.07, 6.45) is 3.20. The topological polar surface area (TPSA) is 38.7 Å². The van der Waals surface area contributed by atoms with Crippen LogP contribution < -0.4 is 0 Å². The third-order valence-corrected chi connectivity index (χ3v) is 3.37. The zero-order valence-corrected chi connectivity index (χ0v) is 10.5. The Morgan fingerprint density at radius 3 is 2.47 bits per heavy atom. The van der Waals surface area contributed by atoms with Crippen LogP contribution in [0.15, 0.2) is 30.7 Å². The van der Waals surface area contributed by atoms with Crippen molar-refractivity contribution in [3.8, 4) is 0 Å². The molecule has 0 aromatic heterocycles. The molecule has 1 aliphatic heterocycles. The van der Waals surface area contributed by atoms with E-state index in [1.807, 2.05) is 6.07 Å². The van der Waals surface area contributed by atoms with Crippen molar-refractivity contribution in [2.75, 3.05) is 6.61 Å². The van der Waals surface area contributed by atoms with Crippen LogP contribution in [0, 0.1) is 0 Å². The van der Waals surface area contributed by atoms with E-state index in [1.54, 1.807) is 12.1 Å². The van der Waals surface area contributed by atoms with Crippen LogP contribution >= 0.6 is 23.2 Å². The van der Waals surface area contributed by atoms with Gasteiger partial charge in [0.25, 0.3) is 0 Å². The predicted molar refractivity (Wildman–Crippen MR) is 66.0 cm³/mol. The molecule has 1 aromatic carbocycles. The molecule has 0 spiro atoms. The number of hydrogen-bond donors (Lipinski definition) is 1. The molecule has 0 fully saturated rings. The second-order valence-corrected chi connectivity index (χ2v) is 4.58. The van der Waals surface area contributed by atoms with Gasteiger partial charge in [-0.2, -0.15) is 0 Å². The van der Waals surface area contributed by atoms with E-state index < -0.39 is 0 Å². The lowest BCUT2D eigenvalue weighted by molar-refractivity contribution is -0.0361. The number of hydrogen-bond acceptors (Lipinski definition) is 3. The second kappa shape index (κ2) is 5.63. The SMILES string of the molecule is OCC(CC1OC=CO1)c1ccc(Cl)c(Cl)c1. The van der Waals surface area contributed by atoms with Crippen LogP contribution in [0.2, 0.25) is 10.0 Å². The summed E-state index contributed by atoms with van der Waals surface area (Å²) >= 11 is 11.8. The normalized spacial score (nSPS) is 16.6. The zero-order valence-electron chi connectivity index (χ0n) is 8.98. The van der Waals surface area contributed by atoms with E-state index in [4.69, 9.17) is 32.7 Å². The highest BCUT2D eigenvalue weighted by molar-refractivity contribution is 6.42. The van der Waals surface area contributed by atoms with Gasteiger partial charge in [-0.15, -0.1) is 0 Å². The molecule has 0 radical (unpaired) electrons. The third kappa shape index (κ3) is 3.06. The van der Waals surface area contributed by atoms with Crippen molar-refractivity contribution >= 4 is 23.2 Å². The Hall–Kier alpha value is -0.900. The van der Waals surface area contributed by atoms with Crippen molar-refractivity contribution in [2.45, 2.75) is 18.6 Å². The predicted octanol–water partition coefficient (Wildman–Crippen LogP) is 3.30. The number of aliphatic hydroxyl groups is 1. The van der Waals surface area contributed by atoms with Crippen LogP contribution in [0.25, 0.3) is 0 Å². The van der Waals surface area contributed by atoms with Gasteiger partial charge in [0.05, 0.1) is 16.7 Å². The van der Waals surface area contributed by atoms with Crippen LogP contribution in [-0.4, -0.2) is 18.0 Å². The first-order valence-corrected chi connectivity index (χ1v) is 5.98. The fourth-order valence-corrected chi connectivity index (χ4v) is 2.00. The van der Waals surface area contributed by atoms with E-state index in [9.17, 15) is 5.11 Å². The minimum Gasteiger partial charge on any atom is -0.459 e. The summed E-state index contributed by atoms with van der Waals surface area (Å²) < 4.78 is 10.4. The first-order chi connectivity index (χ1) is 8.20. The molecule has 1 aliphatic rings. The molecule has 0 amide bonds. The van der Waals surface area contributed by atoms with Gasteiger partial charge in [0.1, 0.15) is 12.5 Å². The maximum atomic E-state index is 9.39. The molecule has 5 heteroatoms. The summed E-state index contributed by atoms with van der Waals surface area (Å²) in [7, 11) is 0. The van der Waals surface area contributed by atoms with Gasteiger partial charge in [-0.3, -0.25) is 0 Å². The van der Waals surface area contributed by atoms with Crippen LogP contribution in [-0.2, 0) is 9.47 Å². The summed E-state index contributed by atoms with van der Waals surface area (Å²) in [5.74, 6) is -0.0883. The van der Waals surface area contributed by atoms with E-state index in [2.05, 4.69) is 0 Å². The first-order valence-electron chi connectivity index (χ1n) is 5.22. The minimum atomic E-state index is -0.346. The number of ether oxygens (including phenoxy) is 2. The fraction of sp³-hybridized carbons (Fsp3) is 0.333. The van der Waals surface area contributed by atoms with Crippen LogP contribution in [0.5, 0.6) is 0 Å². The fourth-order valence-electron chi connectivity index (χ4n) is 1.70. The summed E-state index contributed by atoms with van der Waals surface area (Å²) in [5, 5.41) is 10.4. The molecule has 3 nitrogen and oxygen atoms in total. The van der Waals surface area contributed by atoms with Crippen molar-refractivity contribution in [3.63, 3.8) is 0 Å². The highest BCUT2D eigenvalue weighted by Gasteiger charge is 2.21. The summed E-state index contributed by atoms with van der Waals surface area (Å²) in [5.41, 5.74) is 0.918. The minimum absolute atomic E-state index is 0.00117. The van der Waals surface area contributed by atoms with E-state index in [1.165, 1.54) is 12.5 Å². The maximum Gasteiger partial charge on any atom is 0.240 e. The molecule has 0 bridgehead atoms. The maximum absolute atomic E-state index is 9.39. The average molecular weight is 275 g/mol. The summed E-state index contributed by atoms with van der Waals surface area (Å²) in [6.45, 7) is 0.00117. The highest BCUT2D eigenvalue weighted by Crippen LogP contribution is 2.29. The van der Waals surface area contributed by atoms with Crippen molar-refractivity contribution in [2.24, 2.45) is 0 Å². The lowest BCUT2D eigenvalue weighted by Crippen LogP contribution is -2.15. The van der Waals surface area contributed by atoms with Gasteiger partial charge in [0.2, 0.25) is 6.29 Å². The van der Waals surface area contributed by atoms with Gasteiger partial charge in [-0.25, -0.2) is 0 Å². The van der Waals surface area contributed by atoms with Gasteiger partial charge < -0.3 is 14.6 Å². The Bertz CT molecular complexity index is 412. The number of benzene rings is 1. The number of halogens is 2. The molecule has 1 unspecified atom stereocenters. The Balaban J connectivity index is 2.08. The molecule has 0 aliphatic carbocycles. The summed E-state index contributed by atoms with van der Waals surface area (Å²) in [6, 6.07) is 5.32. The molecule has 1 aromatic rings. The molecule has 1 N–H and O–H groups in total. The lowest BCUT2D eigenvalue weighted by Gasteiger charge is -2.18. The standard InChI is InChI=1S/C12H12Cl2O3/c13-10-2-1-8(5-11(10)14)9(7-15)6-12-16-3-4-17-12/h1-5,9,12,15H,6-7H2. The Morgan fingerprint density at radius 2 is 1.88 bits per heavy atom. The highest BCUT2D eigenvalue weighted by atomic mass is 35.5. The molecular formula is C12H12Cl2O3. The van der Waals surface area contributed by atoms with Crippen molar-refractivity contribution < 1.29 is 14.6 Å². The van der Waals surface area contributed by atoms with E-state index in [0.717, 1.165) is 5.56 Å². The van der Waals surface area contributed by atoms with Gasteiger partial charge in [-0.1, -0.05) is 29.3 Å². The van der Waals surface area contributed by atoms with E-state index in [0.29, 0.717) is 16.5 Å². The van der Waals surface area contributed by atoms with Crippen LogP contribution in [0.1, 0.15) is 17.9 Å². The van der Waals surface area contributed by atoms with E-state index >= 15 is 0 Å². The Kier molecular flexibility index (Phi) is 4.15. The van der Waals surface area contributed by atoms with Gasteiger partial charge in [0.15, 0.2) is 0 Å². The molecular weight excluding hydrogens is 263 g/mol. The molecule has 1 heterocycles. The van der Waals surface area contributed by atoms with Gasteiger partial charge in [-0.05, 0) is 17.7 Å². The summed E-state index contributed by atoms with van der Waals surface area (Å²) in [4.78, 5) is 0. The number of rotatable bonds is 4. The molecule has 17 heavy (non-hydrogen) atoms. The smallest absolute Gasteiger partial charge is 0.240 e. The van der Waals surface area contributed by atoms with Crippen molar-refractivity contribution in [3.05, 3.63) is 46.3 Å². The van der Waals surface area contributed by atoms with Crippen LogP contribution in [0.4, 0.5) is 0 Å². The Labute approximate surface area is 110 Å². The molecule has 0 saturated heterocycles. The lowest BCUT2D eigenvalue weighted by atomic mass is 9.96. The molecule has 0 saturated carbocycles. The first kappa shape index (κ1) is 12.6. The van der Waals surface area contributed by atoms with Crippen LogP contribution in [0.3, 0.4) is 0 Å². The van der Waals surface area contributed by atoms with Crippen molar-refractivity contribution in [1.29, 1.82) is 0 Å². The zero-order chi connectivity index (χ0) is 12.3. The molecule has 92 valence electrons. The van der Waals surface area contributed by atoms with E-state index in [-0.39, 0.29) is 18.8 Å². The molecule has 1 atom stereocenters. The molecule has 2 rings (SSSR count). The number of aliphatic hydroxyl groups excluding tert-OH is 1. The average Bonchev–Trinajstić information content (AvgIpc) is 2.82. The second-order valence-electron chi connectivity index (χ2n) is 3.76. The van der Waals surface area contributed by atoms with Crippen molar-refractivity contribution in [1.82, 2.24) is 0 Å². The van der Waals surface area contributed by atoms with Gasteiger partial charge in [0, 0.05) is 12.3 Å². The van der Waals surface area contributed by atoms with Gasteiger partial charge >= 0.3 is 0 Å².